The molecule has 128 valence electrons. The van der Waals surface area contributed by atoms with Crippen LogP contribution >= 0.6 is 0 Å². The summed E-state index contributed by atoms with van der Waals surface area (Å²) < 4.78 is 0. The first-order chi connectivity index (χ1) is 12.2. The van der Waals surface area contributed by atoms with Crippen LogP contribution in [0.5, 0.6) is 0 Å². The molecule has 1 saturated heterocycles. The average molecular weight is 335 g/mol. The Kier molecular flexibility index (Phi) is 4.14. The highest BCUT2D eigenvalue weighted by Gasteiger charge is 2.22. The van der Waals surface area contributed by atoms with Gasteiger partial charge in [0.2, 0.25) is 0 Å². The summed E-state index contributed by atoms with van der Waals surface area (Å²) in [5.74, 6) is -0.0539. The second-order valence-corrected chi connectivity index (χ2v) is 6.61. The maximum Gasteiger partial charge on any atom is 0.321 e. The Balaban J connectivity index is 1.41. The molecule has 1 fully saturated rings. The first-order valence-corrected chi connectivity index (χ1v) is 8.74. The minimum absolute atomic E-state index is 0.0539. The fourth-order valence-electron chi connectivity index (χ4n) is 3.60. The van der Waals surface area contributed by atoms with Crippen LogP contribution in [-0.4, -0.2) is 31.1 Å². The van der Waals surface area contributed by atoms with Gasteiger partial charge in [0, 0.05) is 30.4 Å². The molecule has 2 N–H and O–H groups in total. The average Bonchev–Trinajstić information content (AvgIpc) is 3.08. The van der Waals surface area contributed by atoms with E-state index in [9.17, 15) is 9.59 Å². The van der Waals surface area contributed by atoms with Crippen molar-refractivity contribution < 1.29 is 9.59 Å². The van der Waals surface area contributed by atoms with Crippen molar-refractivity contribution in [2.45, 2.75) is 25.3 Å². The van der Waals surface area contributed by atoms with Gasteiger partial charge in [0.05, 0.1) is 0 Å². The van der Waals surface area contributed by atoms with E-state index < -0.39 is 0 Å². The van der Waals surface area contributed by atoms with Gasteiger partial charge >= 0.3 is 6.03 Å². The van der Waals surface area contributed by atoms with Crippen LogP contribution in [0.2, 0.25) is 0 Å². The third kappa shape index (κ3) is 3.22. The molecule has 2 aromatic rings. The van der Waals surface area contributed by atoms with E-state index in [0.29, 0.717) is 18.7 Å². The minimum Gasteiger partial charge on any atom is -0.349 e. The molecule has 4 rings (SSSR count). The molecule has 2 aromatic carbocycles. The zero-order chi connectivity index (χ0) is 17.2. The first kappa shape index (κ1) is 15.7. The fourth-order valence-corrected chi connectivity index (χ4v) is 3.60. The lowest BCUT2D eigenvalue weighted by Gasteiger charge is -2.25. The Labute approximate surface area is 147 Å². The fraction of sp³-hybridized carbons (Fsp3) is 0.300. The van der Waals surface area contributed by atoms with E-state index in [1.807, 2.05) is 12.1 Å². The number of fused-ring (bicyclic) bond motifs is 1. The maximum absolute atomic E-state index is 12.5. The number of hydrogen-bond donors (Lipinski definition) is 2. The molecular weight excluding hydrogens is 314 g/mol. The molecule has 0 aromatic heterocycles. The highest BCUT2D eigenvalue weighted by atomic mass is 16.2. The van der Waals surface area contributed by atoms with E-state index in [4.69, 9.17) is 0 Å². The summed E-state index contributed by atoms with van der Waals surface area (Å²) in [4.78, 5) is 25.9. The van der Waals surface area contributed by atoms with E-state index in [1.165, 1.54) is 11.1 Å². The van der Waals surface area contributed by atoms with Gasteiger partial charge in [-0.25, -0.2) is 4.79 Å². The van der Waals surface area contributed by atoms with Crippen molar-refractivity contribution in [1.29, 1.82) is 0 Å². The van der Waals surface area contributed by atoms with Crippen LogP contribution in [0, 0.1) is 0 Å². The Morgan fingerprint density at radius 1 is 1.08 bits per heavy atom. The quantitative estimate of drug-likeness (QED) is 0.905. The second-order valence-electron chi connectivity index (χ2n) is 6.61. The van der Waals surface area contributed by atoms with Crippen molar-refractivity contribution in [3.8, 4) is 0 Å². The minimum atomic E-state index is -0.0851. The number of carbonyl (C=O) groups excluding carboxylic acids is 2. The molecule has 1 unspecified atom stereocenters. The van der Waals surface area contributed by atoms with Crippen LogP contribution < -0.4 is 15.5 Å². The zero-order valence-electron chi connectivity index (χ0n) is 14.0. The number of amides is 3. The Hall–Kier alpha value is -2.82. The van der Waals surface area contributed by atoms with E-state index in [-0.39, 0.29) is 18.0 Å². The van der Waals surface area contributed by atoms with E-state index in [0.717, 1.165) is 24.9 Å². The van der Waals surface area contributed by atoms with Gasteiger partial charge in [0.25, 0.3) is 5.91 Å². The van der Waals surface area contributed by atoms with Crippen molar-refractivity contribution in [3.63, 3.8) is 0 Å². The molecule has 2 aliphatic rings. The SMILES string of the molecule is O=C(NC1CCc2ccccc2C1)c1ccc(N2CCNC2=O)cc1. The molecule has 0 radical (unpaired) electrons. The molecule has 1 atom stereocenters. The smallest absolute Gasteiger partial charge is 0.321 e. The summed E-state index contributed by atoms with van der Waals surface area (Å²) in [6, 6.07) is 15.7. The molecule has 0 spiro atoms. The number of urea groups is 1. The number of hydrogen-bond acceptors (Lipinski definition) is 2. The summed E-state index contributed by atoms with van der Waals surface area (Å²) in [5, 5.41) is 5.92. The zero-order valence-corrected chi connectivity index (χ0v) is 14.0. The molecule has 0 saturated carbocycles. The summed E-state index contributed by atoms with van der Waals surface area (Å²) in [7, 11) is 0. The van der Waals surface area contributed by atoms with Gasteiger partial charge in [-0.2, -0.15) is 0 Å². The van der Waals surface area contributed by atoms with Gasteiger partial charge in [-0.05, 0) is 54.7 Å². The number of rotatable bonds is 3. The van der Waals surface area contributed by atoms with Gasteiger partial charge in [-0.15, -0.1) is 0 Å². The molecule has 1 aliphatic carbocycles. The van der Waals surface area contributed by atoms with Crippen molar-refractivity contribution in [2.24, 2.45) is 0 Å². The lowest BCUT2D eigenvalue weighted by atomic mass is 9.88. The molecule has 0 bridgehead atoms. The predicted molar refractivity (Wildman–Crippen MR) is 96.9 cm³/mol. The van der Waals surface area contributed by atoms with Crippen LogP contribution in [-0.2, 0) is 12.8 Å². The topological polar surface area (TPSA) is 61.4 Å². The van der Waals surface area contributed by atoms with E-state index in [1.54, 1.807) is 17.0 Å². The summed E-state index contributed by atoms with van der Waals surface area (Å²) in [6.07, 6.45) is 2.85. The third-order valence-electron chi connectivity index (χ3n) is 4.98. The highest BCUT2D eigenvalue weighted by molar-refractivity contribution is 5.97. The van der Waals surface area contributed by atoms with E-state index >= 15 is 0 Å². The van der Waals surface area contributed by atoms with Gasteiger partial charge in [0.1, 0.15) is 0 Å². The summed E-state index contributed by atoms with van der Waals surface area (Å²) >= 11 is 0. The van der Waals surface area contributed by atoms with Crippen molar-refractivity contribution in [1.82, 2.24) is 10.6 Å². The largest absolute Gasteiger partial charge is 0.349 e. The molecule has 5 heteroatoms. The van der Waals surface area contributed by atoms with Crippen molar-refractivity contribution in [3.05, 3.63) is 65.2 Å². The highest BCUT2D eigenvalue weighted by Crippen LogP contribution is 2.22. The van der Waals surface area contributed by atoms with Crippen molar-refractivity contribution >= 4 is 17.6 Å². The summed E-state index contributed by atoms with van der Waals surface area (Å²) in [6.45, 7) is 1.32. The van der Waals surface area contributed by atoms with Gasteiger partial charge < -0.3 is 10.6 Å². The molecule has 5 nitrogen and oxygen atoms in total. The number of benzene rings is 2. The Morgan fingerprint density at radius 2 is 1.84 bits per heavy atom. The molecule has 1 heterocycles. The predicted octanol–water partition coefficient (Wildman–Crippen LogP) is 2.50. The van der Waals surface area contributed by atoms with Gasteiger partial charge in [0.15, 0.2) is 0 Å². The van der Waals surface area contributed by atoms with Crippen LogP contribution in [0.15, 0.2) is 48.5 Å². The second kappa shape index (κ2) is 6.59. The standard InChI is InChI=1S/C20H21N3O2/c24-19(22-17-8-5-14-3-1-2-4-16(14)13-17)15-6-9-18(10-7-15)23-12-11-21-20(23)25/h1-4,6-7,9-10,17H,5,8,11-13H2,(H,21,25)(H,22,24). The number of nitrogens with zero attached hydrogens (tertiary/aromatic N) is 1. The Morgan fingerprint density at radius 3 is 2.56 bits per heavy atom. The lowest BCUT2D eigenvalue weighted by Crippen LogP contribution is -2.38. The van der Waals surface area contributed by atoms with Crippen molar-refractivity contribution in [2.75, 3.05) is 18.0 Å². The van der Waals surface area contributed by atoms with Crippen LogP contribution in [0.3, 0.4) is 0 Å². The Bertz CT molecular complexity index is 801. The summed E-state index contributed by atoms with van der Waals surface area (Å²) in [5.41, 5.74) is 4.16. The first-order valence-electron chi connectivity index (χ1n) is 8.74. The third-order valence-corrected chi connectivity index (χ3v) is 4.98. The molecular formula is C20H21N3O2. The number of nitrogens with one attached hydrogen (secondary N) is 2. The number of aryl methyl sites for hydroxylation is 1. The molecule has 3 amide bonds. The van der Waals surface area contributed by atoms with Crippen LogP contribution in [0.4, 0.5) is 10.5 Å². The lowest BCUT2D eigenvalue weighted by molar-refractivity contribution is 0.0933. The van der Waals surface area contributed by atoms with Crippen LogP contribution in [0.1, 0.15) is 27.9 Å². The number of anilines is 1. The van der Waals surface area contributed by atoms with Gasteiger partial charge in [-0.3, -0.25) is 9.69 Å². The van der Waals surface area contributed by atoms with Crippen LogP contribution in [0.25, 0.3) is 0 Å². The molecule has 25 heavy (non-hydrogen) atoms. The van der Waals surface area contributed by atoms with Gasteiger partial charge in [-0.1, -0.05) is 24.3 Å². The monoisotopic (exact) mass is 335 g/mol. The molecule has 1 aliphatic heterocycles. The van der Waals surface area contributed by atoms with E-state index in [2.05, 4.69) is 34.9 Å². The maximum atomic E-state index is 12.5. The number of carbonyl (C=O) groups is 2. The normalized spacial score (nSPS) is 19.3.